The van der Waals surface area contributed by atoms with Crippen molar-refractivity contribution in [2.75, 3.05) is 0 Å². The van der Waals surface area contributed by atoms with Crippen molar-refractivity contribution in [2.45, 2.75) is 27.4 Å². The van der Waals surface area contributed by atoms with Gasteiger partial charge in [0.1, 0.15) is 0 Å². The van der Waals surface area contributed by atoms with Gasteiger partial charge in [0, 0.05) is 18.3 Å². The summed E-state index contributed by atoms with van der Waals surface area (Å²) in [6, 6.07) is 1.87. The van der Waals surface area contributed by atoms with Crippen molar-refractivity contribution in [2.24, 2.45) is 0 Å². The molecule has 0 aliphatic heterocycles. The number of rotatable bonds is 2. The third kappa shape index (κ3) is 3.19. The van der Waals surface area contributed by atoms with Crippen LogP contribution < -0.4 is 0 Å². The quantitative estimate of drug-likeness (QED) is 0.641. The van der Waals surface area contributed by atoms with E-state index >= 15 is 0 Å². The first-order chi connectivity index (χ1) is 6.08. The van der Waals surface area contributed by atoms with Crippen LogP contribution in [0, 0.1) is 13.8 Å². The third-order valence-electron chi connectivity index (χ3n) is 1.43. The molecule has 0 atom stereocenters. The Bertz CT molecular complexity index is 303. The number of aromatic nitrogens is 2. The molecule has 0 saturated carbocycles. The zero-order valence-corrected chi connectivity index (χ0v) is 8.00. The number of carbonyl (C=O) groups excluding carboxylic acids is 1. The van der Waals surface area contributed by atoms with E-state index in [2.05, 4.69) is 9.97 Å². The normalized spacial score (nSPS) is 9.77. The molecule has 0 amide bonds. The lowest BCUT2D eigenvalue weighted by molar-refractivity contribution is -0.142. The lowest BCUT2D eigenvalue weighted by Crippen LogP contribution is -2.04. The van der Waals surface area contributed by atoms with Crippen LogP contribution in [-0.4, -0.2) is 15.9 Å². The van der Waals surface area contributed by atoms with Gasteiger partial charge in [-0.05, 0) is 19.9 Å². The molecule has 0 N–H and O–H groups in total. The first-order valence-corrected chi connectivity index (χ1v) is 4.02. The molecule has 70 valence electrons. The van der Waals surface area contributed by atoms with Crippen LogP contribution in [-0.2, 0) is 16.1 Å². The summed E-state index contributed by atoms with van der Waals surface area (Å²) in [5, 5.41) is 0. The fourth-order valence-corrected chi connectivity index (χ4v) is 1.03. The average molecular weight is 180 g/mol. The maximum atomic E-state index is 10.5. The molecule has 0 aliphatic rings. The molecule has 1 aromatic rings. The number of esters is 1. The lowest BCUT2D eigenvalue weighted by Gasteiger charge is -2.02. The largest absolute Gasteiger partial charge is 0.458 e. The molecule has 1 heterocycles. The fourth-order valence-electron chi connectivity index (χ4n) is 1.03. The summed E-state index contributed by atoms with van der Waals surface area (Å²) in [5.41, 5.74) is 1.77. The van der Waals surface area contributed by atoms with Gasteiger partial charge >= 0.3 is 5.97 Å². The number of hydrogen-bond donors (Lipinski definition) is 0. The standard InChI is InChI=1S/C9H12N2O2/c1-6-4-7(2)11-9(10-6)5-13-8(3)12/h4H,5H2,1-3H3. The van der Waals surface area contributed by atoms with Crippen molar-refractivity contribution in [3.63, 3.8) is 0 Å². The van der Waals surface area contributed by atoms with Crippen molar-refractivity contribution in [3.8, 4) is 0 Å². The van der Waals surface area contributed by atoms with E-state index in [9.17, 15) is 4.79 Å². The maximum absolute atomic E-state index is 10.5. The Hall–Kier alpha value is -1.45. The summed E-state index contributed by atoms with van der Waals surface area (Å²) in [6.45, 7) is 5.28. The second-order valence-corrected chi connectivity index (χ2v) is 2.85. The van der Waals surface area contributed by atoms with E-state index in [1.54, 1.807) is 0 Å². The second-order valence-electron chi connectivity index (χ2n) is 2.85. The van der Waals surface area contributed by atoms with Gasteiger partial charge in [0.2, 0.25) is 0 Å². The topological polar surface area (TPSA) is 52.1 Å². The number of ether oxygens (including phenoxy) is 1. The van der Waals surface area contributed by atoms with Gasteiger partial charge in [-0.25, -0.2) is 9.97 Å². The van der Waals surface area contributed by atoms with Crippen molar-refractivity contribution in [1.29, 1.82) is 0 Å². The van der Waals surface area contributed by atoms with Crippen LogP contribution in [0.15, 0.2) is 6.07 Å². The first-order valence-electron chi connectivity index (χ1n) is 4.02. The van der Waals surface area contributed by atoms with E-state index in [0.29, 0.717) is 5.82 Å². The van der Waals surface area contributed by atoms with E-state index in [1.165, 1.54) is 6.92 Å². The Kier molecular flexibility index (Phi) is 2.95. The molecule has 0 aliphatic carbocycles. The van der Waals surface area contributed by atoms with Crippen LogP contribution in [0.5, 0.6) is 0 Å². The highest BCUT2D eigenvalue weighted by Gasteiger charge is 2.01. The molecule has 0 unspecified atom stereocenters. The number of aryl methyl sites for hydroxylation is 2. The minimum atomic E-state index is -0.317. The second kappa shape index (κ2) is 3.98. The molecule has 0 bridgehead atoms. The van der Waals surface area contributed by atoms with Gasteiger partial charge < -0.3 is 4.74 Å². The Morgan fingerprint density at radius 2 is 1.92 bits per heavy atom. The summed E-state index contributed by atoms with van der Waals surface area (Å²) < 4.78 is 4.77. The van der Waals surface area contributed by atoms with Gasteiger partial charge in [-0.2, -0.15) is 0 Å². The van der Waals surface area contributed by atoms with Crippen molar-refractivity contribution >= 4 is 5.97 Å². The smallest absolute Gasteiger partial charge is 0.303 e. The van der Waals surface area contributed by atoms with Crippen LogP contribution in [0.4, 0.5) is 0 Å². The lowest BCUT2D eigenvalue weighted by atomic mass is 10.3. The highest BCUT2D eigenvalue weighted by atomic mass is 16.5. The summed E-state index contributed by atoms with van der Waals surface area (Å²) in [5.74, 6) is 0.232. The Labute approximate surface area is 77.0 Å². The van der Waals surface area contributed by atoms with Gasteiger partial charge in [0.25, 0.3) is 0 Å². The number of carbonyl (C=O) groups is 1. The number of nitrogens with zero attached hydrogens (tertiary/aromatic N) is 2. The van der Waals surface area contributed by atoms with E-state index < -0.39 is 0 Å². The highest BCUT2D eigenvalue weighted by Crippen LogP contribution is 2.00. The summed E-state index contributed by atoms with van der Waals surface area (Å²) >= 11 is 0. The number of hydrogen-bond acceptors (Lipinski definition) is 4. The SMILES string of the molecule is CC(=O)OCc1nc(C)cc(C)n1. The maximum Gasteiger partial charge on any atom is 0.303 e. The average Bonchev–Trinajstić information content (AvgIpc) is 1.99. The Morgan fingerprint density at radius 3 is 2.38 bits per heavy atom. The van der Waals surface area contributed by atoms with Crippen LogP contribution in [0.3, 0.4) is 0 Å². The molecular formula is C9H12N2O2. The van der Waals surface area contributed by atoms with Crippen LogP contribution in [0.25, 0.3) is 0 Å². The molecule has 1 aromatic heterocycles. The van der Waals surface area contributed by atoms with Gasteiger partial charge in [0.15, 0.2) is 12.4 Å². The first kappa shape index (κ1) is 9.64. The van der Waals surface area contributed by atoms with Gasteiger partial charge in [-0.15, -0.1) is 0 Å². The summed E-state index contributed by atoms with van der Waals surface area (Å²) in [4.78, 5) is 18.7. The Morgan fingerprint density at radius 1 is 1.38 bits per heavy atom. The molecule has 4 heteroatoms. The van der Waals surface area contributed by atoms with E-state index in [1.807, 2.05) is 19.9 Å². The fraction of sp³-hybridized carbons (Fsp3) is 0.444. The van der Waals surface area contributed by atoms with Crippen molar-refractivity contribution < 1.29 is 9.53 Å². The molecule has 0 radical (unpaired) electrons. The summed E-state index contributed by atoms with van der Waals surface area (Å²) in [6.07, 6.45) is 0. The highest BCUT2D eigenvalue weighted by molar-refractivity contribution is 5.65. The van der Waals surface area contributed by atoms with Crippen molar-refractivity contribution in [1.82, 2.24) is 9.97 Å². The van der Waals surface area contributed by atoms with Gasteiger partial charge in [0.05, 0.1) is 0 Å². The molecule has 0 saturated heterocycles. The van der Waals surface area contributed by atoms with Crippen LogP contribution in [0.2, 0.25) is 0 Å². The Balaban J connectivity index is 2.71. The molecule has 1 rings (SSSR count). The van der Waals surface area contributed by atoms with E-state index in [-0.39, 0.29) is 12.6 Å². The predicted molar refractivity (Wildman–Crippen MR) is 47.0 cm³/mol. The zero-order valence-electron chi connectivity index (χ0n) is 8.00. The van der Waals surface area contributed by atoms with Crippen LogP contribution in [0.1, 0.15) is 24.1 Å². The zero-order chi connectivity index (χ0) is 9.84. The molecule has 0 aromatic carbocycles. The molecular weight excluding hydrogens is 168 g/mol. The molecule has 0 spiro atoms. The third-order valence-corrected chi connectivity index (χ3v) is 1.43. The minimum absolute atomic E-state index is 0.151. The molecule has 4 nitrogen and oxygen atoms in total. The van der Waals surface area contributed by atoms with E-state index in [4.69, 9.17) is 4.74 Å². The van der Waals surface area contributed by atoms with Gasteiger partial charge in [-0.1, -0.05) is 0 Å². The monoisotopic (exact) mass is 180 g/mol. The molecule has 0 fully saturated rings. The minimum Gasteiger partial charge on any atom is -0.458 e. The van der Waals surface area contributed by atoms with E-state index in [0.717, 1.165) is 11.4 Å². The summed E-state index contributed by atoms with van der Waals surface area (Å²) in [7, 11) is 0. The molecule has 13 heavy (non-hydrogen) atoms. The predicted octanol–water partition coefficient (Wildman–Crippen LogP) is 1.16. The van der Waals surface area contributed by atoms with Crippen LogP contribution >= 0.6 is 0 Å². The van der Waals surface area contributed by atoms with Crippen molar-refractivity contribution in [3.05, 3.63) is 23.3 Å². The van der Waals surface area contributed by atoms with Gasteiger partial charge in [-0.3, -0.25) is 4.79 Å².